The summed E-state index contributed by atoms with van der Waals surface area (Å²) < 4.78 is 4.92. The number of amides is 2. The lowest BCUT2D eigenvalue weighted by Gasteiger charge is -2.49. The molecule has 3 atom stereocenters. The minimum Gasteiger partial charge on any atom is -0.477 e. The van der Waals surface area contributed by atoms with E-state index in [0.29, 0.717) is 34.5 Å². The number of esters is 1. The molecule has 1 aromatic rings. The number of carboxylic acid groups (broad SMARTS) is 1. The van der Waals surface area contributed by atoms with E-state index in [0.717, 1.165) is 22.9 Å². The lowest BCUT2D eigenvalue weighted by Crippen LogP contribution is -2.70. The SMILES string of the molecule is Nc1nc(CO/N=C\C(=O)N[C@@H]2C(=O)N3C(C(=O)O)=C(SC4CCOC4=O)CS[C@H]23)cs1. The zero-order valence-corrected chi connectivity index (χ0v) is 18.7. The number of carboxylic acids is 1. The number of nitrogens with one attached hydrogen (secondary N) is 1. The van der Waals surface area contributed by atoms with E-state index < -0.39 is 34.4 Å². The number of carbonyl (C=O) groups is 4. The Balaban J connectivity index is 1.35. The maximum absolute atomic E-state index is 12.6. The summed E-state index contributed by atoms with van der Waals surface area (Å²) in [5.41, 5.74) is 5.92. The van der Waals surface area contributed by atoms with Crippen LogP contribution in [0.25, 0.3) is 0 Å². The van der Waals surface area contributed by atoms with Gasteiger partial charge in [-0.05, 0) is 0 Å². The third-order valence-electron chi connectivity index (χ3n) is 4.63. The smallest absolute Gasteiger partial charge is 0.353 e. The summed E-state index contributed by atoms with van der Waals surface area (Å²) in [7, 11) is 0. The number of oxime groups is 1. The fraction of sp³-hybridized carbons (Fsp3) is 0.412. The molecule has 0 aromatic carbocycles. The van der Waals surface area contributed by atoms with Crippen LogP contribution in [0, 0.1) is 0 Å². The molecule has 2 fully saturated rings. The number of ether oxygens (including phenoxy) is 1. The van der Waals surface area contributed by atoms with Gasteiger partial charge in [-0.25, -0.2) is 9.78 Å². The molecule has 2 amide bonds. The first kappa shape index (κ1) is 22.4. The number of thioether (sulfide) groups is 2. The summed E-state index contributed by atoms with van der Waals surface area (Å²) in [5, 5.41) is 16.8. The van der Waals surface area contributed by atoms with Crippen LogP contribution in [-0.4, -0.2) is 74.0 Å². The highest BCUT2D eigenvalue weighted by atomic mass is 32.2. The number of thiazole rings is 1. The Morgan fingerprint density at radius 2 is 2.31 bits per heavy atom. The second-order valence-corrected chi connectivity index (χ2v) is 10.0. The topological polar surface area (TPSA) is 174 Å². The molecular weight excluding hydrogens is 482 g/mol. The van der Waals surface area contributed by atoms with Crippen LogP contribution in [-0.2, 0) is 35.4 Å². The van der Waals surface area contributed by atoms with Gasteiger partial charge in [0.15, 0.2) is 11.7 Å². The molecule has 4 heterocycles. The molecule has 0 spiro atoms. The van der Waals surface area contributed by atoms with E-state index >= 15 is 0 Å². The molecule has 32 heavy (non-hydrogen) atoms. The van der Waals surface area contributed by atoms with Crippen LogP contribution in [0.1, 0.15) is 12.1 Å². The third-order valence-corrected chi connectivity index (χ3v) is 8.15. The summed E-state index contributed by atoms with van der Waals surface area (Å²) in [6, 6.07) is -0.894. The highest BCUT2D eigenvalue weighted by molar-refractivity contribution is 8.07. The number of nitrogens with zero attached hydrogens (tertiary/aromatic N) is 3. The maximum atomic E-state index is 12.6. The molecule has 15 heteroatoms. The van der Waals surface area contributed by atoms with Crippen molar-refractivity contribution >= 4 is 70.0 Å². The number of anilines is 1. The standard InChI is InChI=1S/C17H17N5O7S3/c18-17-20-7(5-31-17)4-29-19-3-10(23)21-11-13(24)22-12(15(25)26)9(6-30-14(11)22)32-8-1-2-28-16(8)27/h3,5,8,11,14H,1-2,4,6H2,(H2,18,20)(H,21,23)(H,25,26)/b19-3-/t8?,11-,14-/m1/s1. The van der Waals surface area contributed by atoms with Gasteiger partial charge in [0.05, 0.1) is 12.3 Å². The normalized spacial score (nSPS) is 24.9. The van der Waals surface area contributed by atoms with Crippen LogP contribution < -0.4 is 11.1 Å². The molecule has 3 aliphatic heterocycles. The van der Waals surface area contributed by atoms with Crippen molar-refractivity contribution in [1.29, 1.82) is 0 Å². The zero-order valence-electron chi connectivity index (χ0n) is 16.3. The average molecular weight is 500 g/mol. The molecule has 2 saturated heterocycles. The number of hydrogen-bond donors (Lipinski definition) is 3. The summed E-state index contributed by atoms with van der Waals surface area (Å²) in [6.07, 6.45) is 1.37. The second-order valence-electron chi connectivity index (χ2n) is 6.72. The number of β-lactam (4-membered cyclic amide) rings is 1. The van der Waals surface area contributed by atoms with Crippen LogP contribution in [0.15, 0.2) is 21.1 Å². The maximum Gasteiger partial charge on any atom is 0.353 e. The molecule has 0 radical (unpaired) electrons. The predicted octanol–water partition coefficient (Wildman–Crippen LogP) is -0.0275. The number of aromatic nitrogens is 1. The van der Waals surface area contributed by atoms with Crippen molar-refractivity contribution in [3.05, 3.63) is 21.7 Å². The van der Waals surface area contributed by atoms with Gasteiger partial charge >= 0.3 is 11.9 Å². The molecule has 0 saturated carbocycles. The van der Waals surface area contributed by atoms with Crippen molar-refractivity contribution in [3.8, 4) is 0 Å². The van der Waals surface area contributed by atoms with Crippen molar-refractivity contribution in [2.45, 2.75) is 29.7 Å². The van der Waals surface area contributed by atoms with E-state index in [1.165, 1.54) is 23.1 Å². The Morgan fingerprint density at radius 3 is 2.97 bits per heavy atom. The van der Waals surface area contributed by atoms with Crippen molar-refractivity contribution in [2.24, 2.45) is 5.16 Å². The highest BCUT2D eigenvalue weighted by Gasteiger charge is 2.54. The van der Waals surface area contributed by atoms with E-state index in [9.17, 15) is 24.3 Å². The van der Waals surface area contributed by atoms with Crippen molar-refractivity contribution < 1.29 is 33.9 Å². The predicted molar refractivity (Wildman–Crippen MR) is 116 cm³/mol. The van der Waals surface area contributed by atoms with E-state index in [1.807, 2.05) is 0 Å². The molecule has 4 rings (SSSR count). The molecule has 0 bridgehead atoms. The van der Waals surface area contributed by atoms with Crippen LogP contribution in [0.2, 0.25) is 0 Å². The fourth-order valence-corrected chi connectivity index (χ4v) is 6.44. The van der Waals surface area contributed by atoms with E-state index in [4.69, 9.17) is 15.3 Å². The summed E-state index contributed by atoms with van der Waals surface area (Å²) >= 11 is 3.68. The number of carbonyl (C=O) groups excluding carboxylic acids is 3. The number of fused-ring (bicyclic) bond motifs is 1. The second kappa shape index (κ2) is 9.38. The van der Waals surface area contributed by atoms with E-state index in [1.54, 1.807) is 5.38 Å². The van der Waals surface area contributed by atoms with Crippen LogP contribution >= 0.6 is 34.9 Å². The molecule has 12 nitrogen and oxygen atoms in total. The van der Waals surface area contributed by atoms with Gasteiger partial charge in [0, 0.05) is 22.5 Å². The summed E-state index contributed by atoms with van der Waals surface area (Å²) in [5.74, 6) is -2.56. The molecule has 3 aliphatic rings. The van der Waals surface area contributed by atoms with Crippen LogP contribution in [0.4, 0.5) is 5.13 Å². The summed E-state index contributed by atoms with van der Waals surface area (Å²) in [6.45, 7) is 0.329. The first-order valence-corrected chi connectivity index (χ1v) is 12.1. The van der Waals surface area contributed by atoms with E-state index in [2.05, 4.69) is 15.5 Å². The molecule has 1 aromatic heterocycles. The van der Waals surface area contributed by atoms with Gasteiger partial charge in [0.25, 0.3) is 11.8 Å². The van der Waals surface area contributed by atoms with Crippen molar-refractivity contribution in [2.75, 3.05) is 18.1 Å². The Labute approximate surface area is 193 Å². The average Bonchev–Trinajstić information content (AvgIpc) is 3.36. The van der Waals surface area contributed by atoms with Gasteiger partial charge in [-0.15, -0.1) is 34.9 Å². The van der Waals surface area contributed by atoms with Crippen molar-refractivity contribution in [1.82, 2.24) is 15.2 Å². The van der Waals surface area contributed by atoms with Crippen molar-refractivity contribution in [3.63, 3.8) is 0 Å². The number of cyclic esters (lactones) is 1. The first-order chi connectivity index (χ1) is 15.3. The van der Waals surface area contributed by atoms with Crippen LogP contribution in [0.3, 0.4) is 0 Å². The summed E-state index contributed by atoms with van der Waals surface area (Å²) in [4.78, 5) is 58.8. The minimum absolute atomic E-state index is 0.0356. The molecule has 0 aliphatic carbocycles. The lowest BCUT2D eigenvalue weighted by atomic mass is 10.1. The number of aliphatic carboxylic acids is 1. The van der Waals surface area contributed by atoms with E-state index in [-0.39, 0.29) is 18.3 Å². The fourth-order valence-electron chi connectivity index (χ4n) is 3.21. The van der Waals surface area contributed by atoms with Gasteiger partial charge < -0.3 is 25.7 Å². The van der Waals surface area contributed by atoms with Gasteiger partial charge in [0.1, 0.15) is 28.6 Å². The van der Waals surface area contributed by atoms with Gasteiger partial charge in [-0.1, -0.05) is 5.16 Å². The Morgan fingerprint density at radius 1 is 1.50 bits per heavy atom. The zero-order chi connectivity index (χ0) is 22.8. The minimum atomic E-state index is -1.26. The first-order valence-electron chi connectivity index (χ1n) is 9.25. The highest BCUT2D eigenvalue weighted by Crippen LogP contribution is 2.45. The number of rotatable bonds is 8. The number of hydrogen-bond acceptors (Lipinski definition) is 12. The van der Waals surface area contributed by atoms with Gasteiger partial charge in [-0.2, -0.15) is 0 Å². The Bertz CT molecular complexity index is 1030. The third kappa shape index (κ3) is 4.54. The molecule has 1 unspecified atom stereocenters. The quantitative estimate of drug-likeness (QED) is 0.190. The molecule has 4 N–H and O–H groups in total. The lowest BCUT2D eigenvalue weighted by molar-refractivity contribution is -0.150. The number of nitrogens with two attached hydrogens (primary N) is 1. The molecular formula is C17H17N5O7S3. The number of nitrogen functional groups attached to an aromatic ring is 1. The molecule has 170 valence electrons. The Kier molecular flexibility index (Phi) is 6.57. The van der Waals surface area contributed by atoms with Gasteiger partial charge in [0.2, 0.25) is 0 Å². The van der Waals surface area contributed by atoms with Gasteiger partial charge in [-0.3, -0.25) is 19.3 Å². The Hall–Kier alpha value is -2.78. The monoisotopic (exact) mass is 499 g/mol. The largest absolute Gasteiger partial charge is 0.477 e. The van der Waals surface area contributed by atoms with Crippen LogP contribution in [0.5, 0.6) is 0 Å².